The van der Waals surface area contributed by atoms with Gasteiger partial charge in [0.2, 0.25) is 5.91 Å². The highest BCUT2D eigenvalue weighted by Crippen LogP contribution is 1.98. The van der Waals surface area contributed by atoms with Gasteiger partial charge in [-0.2, -0.15) is 0 Å². The van der Waals surface area contributed by atoms with Crippen LogP contribution in [0.2, 0.25) is 0 Å². The molecule has 14 heavy (non-hydrogen) atoms. The highest BCUT2D eigenvalue weighted by molar-refractivity contribution is 5.83. The molecular weight excluding hydrogens is 186 g/mol. The van der Waals surface area contributed by atoms with Crippen LogP contribution in [0.5, 0.6) is 0 Å². The molecule has 0 aromatic heterocycles. The van der Waals surface area contributed by atoms with E-state index < -0.39 is 24.0 Å². The van der Waals surface area contributed by atoms with Crippen LogP contribution in [0.4, 0.5) is 0 Å². The summed E-state index contributed by atoms with van der Waals surface area (Å²) in [5.41, 5.74) is 0. The van der Waals surface area contributed by atoms with E-state index in [9.17, 15) is 14.7 Å². The average molecular weight is 201 g/mol. The van der Waals surface area contributed by atoms with Crippen molar-refractivity contribution in [3.05, 3.63) is 12.2 Å². The monoisotopic (exact) mass is 201 g/mol. The molecule has 2 N–H and O–H groups in total. The standard InChI is InChI=1S/C9H15NO4/c1-4-5-7(12)8(9(13)14-3)10-6(2)11/h4-5,7-8,12H,1-3H3,(H,10,11)/b5-4+/t7-,8-/m1/s1. The first kappa shape index (κ1) is 12.6. The lowest BCUT2D eigenvalue weighted by Gasteiger charge is -2.18. The molecule has 2 atom stereocenters. The first-order valence-electron chi connectivity index (χ1n) is 4.18. The number of methoxy groups -OCH3 is 1. The van der Waals surface area contributed by atoms with E-state index in [1.807, 2.05) is 0 Å². The van der Waals surface area contributed by atoms with Gasteiger partial charge in [-0.25, -0.2) is 4.79 Å². The van der Waals surface area contributed by atoms with Gasteiger partial charge in [-0.1, -0.05) is 12.2 Å². The zero-order chi connectivity index (χ0) is 11.1. The maximum absolute atomic E-state index is 11.1. The number of hydrogen-bond acceptors (Lipinski definition) is 4. The molecule has 0 saturated carbocycles. The van der Waals surface area contributed by atoms with E-state index in [-0.39, 0.29) is 0 Å². The Morgan fingerprint density at radius 3 is 2.43 bits per heavy atom. The molecule has 0 bridgehead atoms. The maximum Gasteiger partial charge on any atom is 0.331 e. The van der Waals surface area contributed by atoms with E-state index in [1.165, 1.54) is 20.1 Å². The Hall–Kier alpha value is -1.36. The van der Waals surface area contributed by atoms with Crippen LogP contribution in [0.1, 0.15) is 13.8 Å². The van der Waals surface area contributed by atoms with E-state index in [0.29, 0.717) is 0 Å². The summed E-state index contributed by atoms with van der Waals surface area (Å²) in [4.78, 5) is 21.9. The van der Waals surface area contributed by atoms with E-state index in [1.54, 1.807) is 13.0 Å². The molecular formula is C9H15NO4. The van der Waals surface area contributed by atoms with Crippen molar-refractivity contribution in [1.82, 2.24) is 5.32 Å². The highest BCUT2D eigenvalue weighted by atomic mass is 16.5. The van der Waals surface area contributed by atoms with Crippen molar-refractivity contribution in [3.8, 4) is 0 Å². The lowest BCUT2D eigenvalue weighted by Crippen LogP contribution is -2.47. The molecule has 0 unspecified atom stereocenters. The predicted molar refractivity (Wildman–Crippen MR) is 50.4 cm³/mol. The fourth-order valence-corrected chi connectivity index (χ4v) is 0.938. The molecule has 1 amide bonds. The summed E-state index contributed by atoms with van der Waals surface area (Å²) in [6, 6.07) is -1.05. The molecule has 0 aliphatic carbocycles. The molecule has 0 rings (SSSR count). The van der Waals surface area contributed by atoms with Crippen molar-refractivity contribution < 1.29 is 19.4 Å². The van der Waals surface area contributed by atoms with Gasteiger partial charge in [0.25, 0.3) is 0 Å². The Morgan fingerprint density at radius 1 is 1.50 bits per heavy atom. The molecule has 80 valence electrons. The summed E-state index contributed by atoms with van der Waals surface area (Å²) in [6.07, 6.45) is 1.91. The van der Waals surface area contributed by atoms with Gasteiger partial charge in [0.15, 0.2) is 6.04 Å². The number of carbonyl (C=O) groups excluding carboxylic acids is 2. The Labute approximate surface area is 82.7 Å². The second kappa shape index (κ2) is 6.15. The first-order valence-corrected chi connectivity index (χ1v) is 4.18. The lowest BCUT2D eigenvalue weighted by atomic mass is 10.1. The summed E-state index contributed by atoms with van der Waals surface area (Å²) in [7, 11) is 1.19. The van der Waals surface area contributed by atoms with Gasteiger partial charge in [0, 0.05) is 6.92 Å². The fraction of sp³-hybridized carbons (Fsp3) is 0.556. The number of ether oxygens (including phenoxy) is 1. The van der Waals surface area contributed by atoms with E-state index >= 15 is 0 Å². The van der Waals surface area contributed by atoms with Crippen molar-refractivity contribution in [2.75, 3.05) is 7.11 Å². The lowest BCUT2D eigenvalue weighted by molar-refractivity contribution is -0.147. The van der Waals surface area contributed by atoms with E-state index in [2.05, 4.69) is 10.1 Å². The van der Waals surface area contributed by atoms with Gasteiger partial charge >= 0.3 is 5.97 Å². The Balaban J connectivity index is 4.53. The number of aliphatic hydroxyl groups excluding tert-OH is 1. The molecule has 0 aromatic rings. The van der Waals surface area contributed by atoms with Gasteiger partial charge in [-0.15, -0.1) is 0 Å². The third-order valence-electron chi connectivity index (χ3n) is 1.55. The first-order chi connectivity index (χ1) is 6.52. The van der Waals surface area contributed by atoms with Crippen LogP contribution in [-0.4, -0.2) is 36.2 Å². The average Bonchev–Trinajstić information content (AvgIpc) is 2.13. The number of hydrogen-bond donors (Lipinski definition) is 2. The van der Waals surface area contributed by atoms with Crippen LogP contribution in [-0.2, 0) is 14.3 Å². The number of allylic oxidation sites excluding steroid dienone is 1. The number of carbonyl (C=O) groups is 2. The minimum atomic E-state index is -1.07. The minimum Gasteiger partial charge on any atom is -0.467 e. The van der Waals surface area contributed by atoms with Crippen LogP contribution in [0.15, 0.2) is 12.2 Å². The number of aliphatic hydroxyl groups is 1. The van der Waals surface area contributed by atoms with Gasteiger partial charge in [0.1, 0.15) is 6.10 Å². The molecule has 5 nitrogen and oxygen atoms in total. The molecule has 5 heteroatoms. The van der Waals surface area contributed by atoms with Crippen molar-refractivity contribution >= 4 is 11.9 Å². The summed E-state index contributed by atoms with van der Waals surface area (Å²) < 4.78 is 4.43. The Bertz CT molecular complexity index is 237. The largest absolute Gasteiger partial charge is 0.467 e. The molecule has 0 aromatic carbocycles. The van der Waals surface area contributed by atoms with Crippen molar-refractivity contribution in [2.45, 2.75) is 26.0 Å². The summed E-state index contributed by atoms with van der Waals surface area (Å²) in [5, 5.41) is 11.8. The highest BCUT2D eigenvalue weighted by Gasteiger charge is 2.26. The third-order valence-corrected chi connectivity index (χ3v) is 1.55. The topological polar surface area (TPSA) is 75.6 Å². The molecule has 0 heterocycles. The molecule has 0 radical (unpaired) electrons. The van der Waals surface area contributed by atoms with Crippen molar-refractivity contribution in [1.29, 1.82) is 0 Å². The summed E-state index contributed by atoms with van der Waals surface area (Å²) in [5.74, 6) is -1.07. The Morgan fingerprint density at radius 2 is 2.07 bits per heavy atom. The van der Waals surface area contributed by atoms with Crippen molar-refractivity contribution in [2.24, 2.45) is 0 Å². The summed E-state index contributed by atoms with van der Waals surface area (Å²) >= 11 is 0. The van der Waals surface area contributed by atoms with Crippen LogP contribution in [0, 0.1) is 0 Å². The zero-order valence-corrected chi connectivity index (χ0v) is 8.48. The minimum absolute atomic E-state index is 0.399. The molecule has 0 spiro atoms. The van der Waals surface area contributed by atoms with E-state index in [0.717, 1.165) is 0 Å². The SMILES string of the molecule is C/C=C/[C@@H](O)[C@@H](NC(C)=O)C(=O)OC. The second-order valence-corrected chi connectivity index (χ2v) is 2.72. The van der Waals surface area contributed by atoms with Gasteiger partial charge in [-0.3, -0.25) is 4.79 Å². The van der Waals surface area contributed by atoms with Gasteiger partial charge in [0.05, 0.1) is 7.11 Å². The fourth-order valence-electron chi connectivity index (χ4n) is 0.938. The van der Waals surface area contributed by atoms with E-state index in [4.69, 9.17) is 0 Å². The molecule has 0 fully saturated rings. The van der Waals surface area contributed by atoms with Crippen LogP contribution < -0.4 is 5.32 Å². The normalized spacial score (nSPS) is 14.9. The zero-order valence-electron chi connectivity index (χ0n) is 8.48. The van der Waals surface area contributed by atoms with Crippen LogP contribution in [0.3, 0.4) is 0 Å². The van der Waals surface area contributed by atoms with Gasteiger partial charge in [-0.05, 0) is 6.92 Å². The third kappa shape index (κ3) is 4.04. The molecule has 0 aliphatic rings. The number of rotatable bonds is 4. The Kier molecular flexibility index (Phi) is 5.55. The van der Waals surface area contributed by atoms with Crippen molar-refractivity contribution in [3.63, 3.8) is 0 Å². The number of esters is 1. The summed E-state index contributed by atoms with van der Waals surface area (Å²) in [6.45, 7) is 2.96. The molecule has 0 aliphatic heterocycles. The maximum atomic E-state index is 11.1. The number of amides is 1. The predicted octanol–water partition coefficient (Wildman–Crippen LogP) is -0.399. The quantitative estimate of drug-likeness (QED) is 0.479. The second-order valence-electron chi connectivity index (χ2n) is 2.72. The number of nitrogens with one attached hydrogen (secondary N) is 1. The van der Waals surface area contributed by atoms with Gasteiger partial charge < -0.3 is 15.2 Å². The molecule has 0 saturated heterocycles. The van der Waals surface area contributed by atoms with Crippen LogP contribution in [0.25, 0.3) is 0 Å². The smallest absolute Gasteiger partial charge is 0.331 e. The van der Waals surface area contributed by atoms with Crippen LogP contribution >= 0.6 is 0 Å².